The van der Waals surface area contributed by atoms with E-state index in [2.05, 4.69) is 22.3 Å². The molecule has 1 aliphatic heterocycles. The predicted molar refractivity (Wildman–Crippen MR) is 69.3 cm³/mol. The highest BCUT2D eigenvalue weighted by Crippen LogP contribution is 2.16. The van der Waals surface area contributed by atoms with Gasteiger partial charge in [-0.3, -0.25) is 15.0 Å². The molecule has 0 unspecified atom stereocenters. The van der Waals surface area contributed by atoms with Crippen molar-refractivity contribution in [3.8, 4) is 0 Å². The van der Waals surface area contributed by atoms with Crippen LogP contribution in [0.15, 0.2) is 10.6 Å². The lowest BCUT2D eigenvalue weighted by Gasteiger charge is -2.18. The molecule has 0 bridgehead atoms. The van der Waals surface area contributed by atoms with Gasteiger partial charge in [0.2, 0.25) is 11.8 Å². The van der Waals surface area contributed by atoms with Crippen LogP contribution in [-0.4, -0.2) is 35.6 Å². The van der Waals surface area contributed by atoms with E-state index in [1.54, 1.807) is 6.07 Å². The first kappa shape index (κ1) is 13.1. The summed E-state index contributed by atoms with van der Waals surface area (Å²) in [6, 6.07) is 1.72. The summed E-state index contributed by atoms with van der Waals surface area (Å²) in [7, 11) is 0. The van der Waals surface area contributed by atoms with Gasteiger partial charge in [0.15, 0.2) is 0 Å². The molecule has 1 fully saturated rings. The normalized spacial score (nSPS) is 21.6. The molecule has 1 aliphatic rings. The molecule has 100 valence electrons. The molecule has 0 radical (unpaired) electrons. The van der Waals surface area contributed by atoms with Crippen LogP contribution in [0.1, 0.15) is 31.9 Å². The molecule has 1 aromatic heterocycles. The summed E-state index contributed by atoms with van der Waals surface area (Å²) in [4.78, 5) is 14.1. The van der Waals surface area contributed by atoms with Gasteiger partial charge in [0.1, 0.15) is 0 Å². The molecule has 1 N–H and O–H groups in total. The number of amides is 1. The number of nitrogens with one attached hydrogen (secondary N) is 1. The maximum Gasteiger partial charge on any atom is 0.240 e. The maximum absolute atomic E-state index is 11.8. The van der Waals surface area contributed by atoms with E-state index in [-0.39, 0.29) is 5.91 Å². The zero-order valence-corrected chi connectivity index (χ0v) is 11.1. The van der Waals surface area contributed by atoms with Crippen molar-refractivity contribution in [2.45, 2.75) is 33.1 Å². The molecule has 5 nitrogen and oxygen atoms in total. The van der Waals surface area contributed by atoms with Crippen molar-refractivity contribution in [3.05, 3.63) is 11.8 Å². The van der Waals surface area contributed by atoms with Crippen molar-refractivity contribution in [3.63, 3.8) is 0 Å². The zero-order valence-electron chi connectivity index (χ0n) is 11.1. The summed E-state index contributed by atoms with van der Waals surface area (Å²) in [6.45, 7) is 6.56. The van der Waals surface area contributed by atoms with Crippen LogP contribution in [-0.2, 0) is 4.79 Å². The highest BCUT2D eigenvalue weighted by atomic mass is 16.5. The van der Waals surface area contributed by atoms with Gasteiger partial charge in [-0.1, -0.05) is 12.1 Å². The van der Waals surface area contributed by atoms with Crippen LogP contribution in [0.3, 0.4) is 0 Å². The third-order valence-corrected chi connectivity index (χ3v) is 3.37. The minimum atomic E-state index is -0.0271. The Morgan fingerprint density at radius 1 is 1.56 bits per heavy atom. The molecule has 2 rings (SSSR count). The Balaban J connectivity index is 1.80. The van der Waals surface area contributed by atoms with Crippen molar-refractivity contribution < 1.29 is 9.32 Å². The van der Waals surface area contributed by atoms with Crippen LogP contribution >= 0.6 is 0 Å². The second kappa shape index (κ2) is 6.00. The summed E-state index contributed by atoms with van der Waals surface area (Å²) in [5, 5.41) is 6.47. The summed E-state index contributed by atoms with van der Waals surface area (Å²) in [5.74, 6) is 1.18. The van der Waals surface area contributed by atoms with Gasteiger partial charge >= 0.3 is 0 Å². The minimum Gasteiger partial charge on any atom is -0.338 e. The second-order valence-electron chi connectivity index (χ2n) is 5.19. The van der Waals surface area contributed by atoms with Crippen LogP contribution < -0.4 is 5.32 Å². The molecule has 18 heavy (non-hydrogen) atoms. The molecule has 1 aromatic rings. The number of rotatable bonds is 3. The maximum atomic E-state index is 11.8. The number of nitrogens with zero attached hydrogens (tertiary/aromatic N) is 2. The number of aromatic nitrogens is 1. The lowest BCUT2D eigenvalue weighted by molar-refractivity contribution is -0.117. The van der Waals surface area contributed by atoms with E-state index >= 15 is 0 Å². The Bertz CT molecular complexity index is 403. The monoisotopic (exact) mass is 251 g/mol. The number of aryl methyl sites for hydroxylation is 1. The van der Waals surface area contributed by atoms with Crippen molar-refractivity contribution in [2.75, 3.05) is 25.0 Å². The molecule has 0 saturated carbocycles. The van der Waals surface area contributed by atoms with Crippen LogP contribution in [0.5, 0.6) is 0 Å². The van der Waals surface area contributed by atoms with Gasteiger partial charge in [-0.2, -0.15) is 0 Å². The van der Waals surface area contributed by atoms with Gasteiger partial charge in [-0.25, -0.2) is 0 Å². The quantitative estimate of drug-likeness (QED) is 0.893. The molecule has 1 amide bonds. The molecule has 1 saturated heterocycles. The lowest BCUT2D eigenvalue weighted by atomic mass is 10.0. The highest BCUT2D eigenvalue weighted by molar-refractivity contribution is 5.90. The van der Waals surface area contributed by atoms with E-state index in [9.17, 15) is 4.79 Å². The Morgan fingerprint density at radius 2 is 2.39 bits per heavy atom. The number of hydrogen-bond donors (Lipinski definition) is 1. The molecular formula is C13H21N3O2. The first-order valence-corrected chi connectivity index (χ1v) is 6.59. The molecular weight excluding hydrogens is 230 g/mol. The van der Waals surface area contributed by atoms with Crippen molar-refractivity contribution in [2.24, 2.45) is 5.92 Å². The van der Waals surface area contributed by atoms with Gasteiger partial charge in [-0.05, 0) is 45.2 Å². The summed E-state index contributed by atoms with van der Waals surface area (Å²) >= 11 is 0. The third-order valence-electron chi connectivity index (χ3n) is 3.37. The number of likely N-dealkylation sites (tertiary alicyclic amines) is 1. The molecule has 0 spiro atoms. The fourth-order valence-corrected chi connectivity index (χ4v) is 2.28. The molecule has 2 heterocycles. The molecule has 1 atom stereocenters. The van der Waals surface area contributed by atoms with Crippen molar-refractivity contribution in [1.29, 1.82) is 0 Å². The predicted octanol–water partition coefficient (Wildman–Crippen LogP) is 2.04. The van der Waals surface area contributed by atoms with E-state index in [0.29, 0.717) is 12.4 Å². The first-order chi connectivity index (χ1) is 8.63. The van der Waals surface area contributed by atoms with Crippen LogP contribution in [0.4, 0.5) is 5.88 Å². The Morgan fingerprint density at radius 3 is 3.11 bits per heavy atom. The smallest absolute Gasteiger partial charge is 0.240 e. The van der Waals surface area contributed by atoms with E-state index in [0.717, 1.165) is 24.7 Å². The van der Waals surface area contributed by atoms with Gasteiger partial charge in [0, 0.05) is 6.07 Å². The number of carbonyl (C=O) groups is 1. The van der Waals surface area contributed by atoms with Crippen LogP contribution in [0.25, 0.3) is 0 Å². The fraction of sp³-hybridized carbons (Fsp3) is 0.692. The average Bonchev–Trinajstić information content (AvgIpc) is 2.59. The summed E-state index contributed by atoms with van der Waals surface area (Å²) in [6.07, 6.45) is 3.62. The zero-order chi connectivity index (χ0) is 13.0. The average molecular weight is 251 g/mol. The first-order valence-electron chi connectivity index (χ1n) is 6.59. The van der Waals surface area contributed by atoms with Gasteiger partial charge < -0.3 is 4.52 Å². The number of carbonyl (C=O) groups excluding carboxylic acids is 1. The largest absolute Gasteiger partial charge is 0.338 e. The standard InChI is InChI=1S/C13H21N3O2/c1-10-4-3-6-16(7-5-10)9-12(17)14-13-8-11(2)15-18-13/h8,10H,3-7,9H2,1-2H3,(H,14,17)/t10-/m0/s1. The molecule has 5 heteroatoms. The lowest BCUT2D eigenvalue weighted by Crippen LogP contribution is -2.34. The van der Waals surface area contributed by atoms with Crippen molar-refractivity contribution >= 4 is 11.8 Å². The van der Waals surface area contributed by atoms with Gasteiger partial charge in [0.25, 0.3) is 0 Å². The van der Waals surface area contributed by atoms with E-state index in [4.69, 9.17) is 4.52 Å². The Kier molecular flexibility index (Phi) is 4.36. The van der Waals surface area contributed by atoms with Crippen LogP contribution in [0.2, 0.25) is 0 Å². The highest BCUT2D eigenvalue weighted by Gasteiger charge is 2.16. The Labute approximate surface area is 108 Å². The van der Waals surface area contributed by atoms with Crippen LogP contribution in [0, 0.1) is 12.8 Å². The third kappa shape index (κ3) is 3.84. The van der Waals surface area contributed by atoms with E-state index < -0.39 is 0 Å². The van der Waals surface area contributed by atoms with Gasteiger partial charge in [-0.15, -0.1) is 0 Å². The SMILES string of the molecule is Cc1cc(NC(=O)CN2CCC[C@H](C)CC2)on1. The second-order valence-corrected chi connectivity index (χ2v) is 5.19. The summed E-state index contributed by atoms with van der Waals surface area (Å²) < 4.78 is 4.97. The van der Waals surface area contributed by atoms with Crippen molar-refractivity contribution in [1.82, 2.24) is 10.1 Å². The fourth-order valence-electron chi connectivity index (χ4n) is 2.28. The minimum absolute atomic E-state index is 0.0271. The molecule has 0 aliphatic carbocycles. The number of anilines is 1. The van der Waals surface area contributed by atoms with E-state index in [1.165, 1.54) is 19.3 Å². The summed E-state index contributed by atoms with van der Waals surface area (Å²) in [5.41, 5.74) is 0.772. The Hall–Kier alpha value is -1.36. The molecule has 0 aromatic carbocycles. The van der Waals surface area contributed by atoms with Gasteiger partial charge in [0.05, 0.1) is 12.2 Å². The number of hydrogen-bond acceptors (Lipinski definition) is 4. The van der Waals surface area contributed by atoms with E-state index in [1.807, 2.05) is 6.92 Å². The topological polar surface area (TPSA) is 58.4 Å².